The molecule has 0 saturated carbocycles. The highest BCUT2D eigenvalue weighted by molar-refractivity contribution is 5.98. The van der Waals surface area contributed by atoms with E-state index in [1.807, 2.05) is 38.1 Å². The van der Waals surface area contributed by atoms with Gasteiger partial charge in [0.25, 0.3) is 11.4 Å². The van der Waals surface area contributed by atoms with E-state index >= 15 is 0 Å². The van der Waals surface area contributed by atoms with Crippen LogP contribution < -0.4 is 16.2 Å². The molecule has 0 saturated heterocycles. The first-order valence-electron chi connectivity index (χ1n) is 14.4. The molecule has 14 nitrogen and oxygen atoms in total. The molecule has 14 heteroatoms. The van der Waals surface area contributed by atoms with Crippen molar-refractivity contribution in [2.75, 3.05) is 12.4 Å². The number of hydrogen-bond acceptors (Lipinski definition) is 11. The minimum Gasteiger partial charge on any atom is -0.453 e. The van der Waals surface area contributed by atoms with Gasteiger partial charge >= 0.3 is 6.09 Å². The molecule has 0 unspecified atom stereocenters. The Kier molecular flexibility index (Phi) is 8.98. The zero-order chi connectivity index (χ0) is 33.0. The Balaban J connectivity index is 1.39. The van der Waals surface area contributed by atoms with Gasteiger partial charge in [0.05, 0.1) is 53.4 Å². The summed E-state index contributed by atoms with van der Waals surface area (Å²) < 4.78 is 11.6. The zero-order valence-corrected chi connectivity index (χ0v) is 25.8. The zero-order valence-electron chi connectivity index (χ0n) is 25.8. The maximum absolute atomic E-state index is 13.6. The third-order valence-corrected chi connectivity index (χ3v) is 7.36. The largest absolute Gasteiger partial charge is 0.453 e. The number of anilines is 1. The molecule has 236 valence electrons. The molecule has 0 aliphatic rings. The van der Waals surface area contributed by atoms with E-state index in [-0.39, 0.29) is 23.5 Å². The molecule has 0 aliphatic carbocycles. The van der Waals surface area contributed by atoms with Crippen LogP contribution >= 0.6 is 0 Å². The van der Waals surface area contributed by atoms with Crippen LogP contribution in [0.15, 0.2) is 76.2 Å². The number of hydrogen-bond donors (Lipinski definition) is 2. The lowest BCUT2D eigenvalue weighted by Crippen LogP contribution is -2.46. The fourth-order valence-corrected chi connectivity index (χ4v) is 4.69. The number of rotatable bonds is 10. The van der Waals surface area contributed by atoms with Crippen LogP contribution in [0.1, 0.15) is 50.0 Å². The number of nitrogens with one attached hydrogen (secondary N) is 2. The van der Waals surface area contributed by atoms with Gasteiger partial charge in [0, 0.05) is 0 Å². The van der Waals surface area contributed by atoms with Gasteiger partial charge in [-0.15, -0.1) is 10.2 Å². The lowest BCUT2D eigenvalue weighted by Gasteiger charge is -2.21. The number of amides is 2. The molecule has 2 N–H and O–H groups in total. The number of nitrogens with zero attached hydrogens (tertiary/aromatic N) is 6. The van der Waals surface area contributed by atoms with Crippen molar-refractivity contribution < 1.29 is 23.5 Å². The number of carbonyl (C=O) groups is 3. The Hall–Kier alpha value is -5.79. The lowest BCUT2D eigenvalue weighted by molar-refractivity contribution is -0.122. The maximum atomic E-state index is 13.6. The van der Waals surface area contributed by atoms with Crippen LogP contribution in [0.5, 0.6) is 0 Å². The Morgan fingerprint density at radius 2 is 1.65 bits per heavy atom. The van der Waals surface area contributed by atoms with Crippen molar-refractivity contribution >= 4 is 34.6 Å². The summed E-state index contributed by atoms with van der Waals surface area (Å²) in [5.74, 6) is -2.09. The number of Topliss-reactive ketones (excluding diaryl/α,β-unsaturated/α-hetero) is 1. The molecule has 46 heavy (non-hydrogen) atoms. The summed E-state index contributed by atoms with van der Waals surface area (Å²) in [6.07, 6.45) is 2.10. The topological polar surface area (TPSA) is 184 Å². The molecule has 0 fully saturated rings. The number of para-hydroxylation sites is 2. The third kappa shape index (κ3) is 6.50. The molecule has 0 spiro atoms. The second-order valence-electron chi connectivity index (χ2n) is 11.3. The summed E-state index contributed by atoms with van der Waals surface area (Å²) in [6.45, 7) is 6.67. The van der Waals surface area contributed by atoms with Crippen LogP contribution in [0, 0.1) is 5.92 Å². The molecule has 5 aromatic rings. The molecule has 0 aliphatic heterocycles. The number of fused-ring (bicyclic) bond motifs is 1. The van der Waals surface area contributed by atoms with E-state index in [1.165, 1.54) is 6.20 Å². The second-order valence-corrected chi connectivity index (χ2v) is 11.3. The molecule has 3 heterocycles. The summed E-state index contributed by atoms with van der Waals surface area (Å²) in [6, 6.07) is 15.2. The first-order chi connectivity index (χ1) is 22.0. The van der Waals surface area contributed by atoms with E-state index in [1.54, 1.807) is 50.4 Å². The first-order valence-corrected chi connectivity index (χ1v) is 14.4. The van der Waals surface area contributed by atoms with Crippen LogP contribution in [-0.2, 0) is 21.5 Å². The number of methoxy groups -OCH3 is 1. The molecule has 3 aromatic heterocycles. The van der Waals surface area contributed by atoms with Gasteiger partial charge in [-0.25, -0.2) is 14.8 Å². The van der Waals surface area contributed by atoms with E-state index in [0.29, 0.717) is 22.5 Å². The first kappa shape index (κ1) is 31.6. The predicted octanol–water partition coefficient (Wildman–Crippen LogP) is 3.76. The summed E-state index contributed by atoms with van der Waals surface area (Å²) in [7, 11) is 1.15. The van der Waals surface area contributed by atoms with Crippen molar-refractivity contribution in [3.8, 4) is 11.3 Å². The lowest BCUT2D eigenvalue weighted by atomic mass is 9.89. The molecule has 5 rings (SSSR count). The van der Waals surface area contributed by atoms with Gasteiger partial charge in [0.2, 0.25) is 23.4 Å². The van der Waals surface area contributed by atoms with E-state index in [9.17, 15) is 19.2 Å². The molecule has 1 atom stereocenters. The Labute approximate surface area is 263 Å². The quantitative estimate of drug-likeness (QED) is 0.216. The summed E-state index contributed by atoms with van der Waals surface area (Å²) in [4.78, 5) is 65.4. The van der Waals surface area contributed by atoms with Crippen LogP contribution in [0.4, 0.5) is 10.6 Å². The van der Waals surface area contributed by atoms with Gasteiger partial charge in [-0.05, 0) is 37.5 Å². The fourth-order valence-electron chi connectivity index (χ4n) is 4.69. The van der Waals surface area contributed by atoms with Gasteiger partial charge in [0.15, 0.2) is 0 Å². The Bertz CT molecular complexity index is 1970. The van der Waals surface area contributed by atoms with Gasteiger partial charge < -0.3 is 14.5 Å². The van der Waals surface area contributed by atoms with Crippen LogP contribution in [0.2, 0.25) is 0 Å². The van der Waals surface area contributed by atoms with Crippen molar-refractivity contribution in [2.24, 2.45) is 5.92 Å². The number of carbonyl (C=O) groups excluding carboxylic acids is 3. The van der Waals surface area contributed by atoms with E-state index in [4.69, 9.17) is 4.42 Å². The smallest absolute Gasteiger partial charge is 0.412 e. The van der Waals surface area contributed by atoms with Gasteiger partial charge in [-0.3, -0.25) is 29.3 Å². The number of ketones is 1. The fraction of sp³-hybridized carbons (Fsp3) is 0.281. The van der Waals surface area contributed by atoms with Crippen molar-refractivity contribution in [1.29, 1.82) is 0 Å². The minimum atomic E-state index is -1.06. The second kappa shape index (κ2) is 13.1. The Morgan fingerprint density at radius 1 is 0.957 bits per heavy atom. The molecular formula is C32H32N8O6. The van der Waals surface area contributed by atoms with Gasteiger partial charge in [0.1, 0.15) is 6.54 Å². The highest BCUT2D eigenvalue weighted by Gasteiger charge is 2.35. The number of benzene rings is 2. The van der Waals surface area contributed by atoms with E-state index in [2.05, 4.69) is 40.5 Å². The summed E-state index contributed by atoms with van der Waals surface area (Å²) in [5.41, 5.74) is 1.31. The molecule has 0 radical (unpaired) electrons. The number of aromatic nitrogens is 6. The van der Waals surface area contributed by atoms with Crippen molar-refractivity contribution in [1.82, 2.24) is 35.0 Å². The van der Waals surface area contributed by atoms with Gasteiger partial charge in [-0.1, -0.05) is 56.3 Å². The van der Waals surface area contributed by atoms with Crippen molar-refractivity contribution in [3.05, 3.63) is 94.8 Å². The molecular weight excluding hydrogens is 592 g/mol. The summed E-state index contributed by atoms with van der Waals surface area (Å²) in [5, 5.41) is 13.1. The van der Waals surface area contributed by atoms with Crippen LogP contribution in [-0.4, -0.2) is 60.7 Å². The van der Waals surface area contributed by atoms with E-state index < -0.39 is 41.3 Å². The van der Waals surface area contributed by atoms with E-state index in [0.717, 1.165) is 17.2 Å². The van der Waals surface area contributed by atoms with Crippen molar-refractivity contribution in [3.63, 3.8) is 0 Å². The average Bonchev–Trinajstić information content (AvgIpc) is 3.57. The van der Waals surface area contributed by atoms with Crippen molar-refractivity contribution in [2.45, 2.75) is 45.7 Å². The molecule has 0 bridgehead atoms. The monoisotopic (exact) mass is 624 g/mol. The number of ether oxygens (including phenoxy) is 1. The minimum absolute atomic E-state index is 0.149. The average molecular weight is 625 g/mol. The maximum Gasteiger partial charge on any atom is 0.412 e. The highest BCUT2D eigenvalue weighted by atomic mass is 16.5. The van der Waals surface area contributed by atoms with Crippen LogP contribution in [0.25, 0.3) is 22.3 Å². The summed E-state index contributed by atoms with van der Waals surface area (Å²) >= 11 is 0. The molecule has 2 aromatic carbocycles. The van der Waals surface area contributed by atoms with Gasteiger partial charge in [-0.2, -0.15) is 0 Å². The third-order valence-electron chi connectivity index (χ3n) is 7.36. The SMILES string of the molecule is COC(=O)Nc1ncc(-c2ccccc2)n(CC(=O)N[C@@H](C(=O)c2nnc(C(C)(C)c3cnc4ccccc4n3)o2)C(C)C)c1=O. The normalized spacial score (nSPS) is 12.1. The standard InChI is InChI=1S/C32H32N8O6/c1-18(2)25(26(42)28-38-39-30(46-28)32(3,4)23-16-33-20-13-9-10-14-21(20)35-23)36-24(41)17-40-22(19-11-7-6-8-12-19)15-34-27(29(40)43)37-31(44)45-5/h6-16,18,25H,17H2,1-5H3,(H,36,41)(H,34,37,44)/t25-/m1/s1. The highest BCUT2D eigenvalue weighted by Crippen LogP contribution is 2.30. The van der Waals surface area contributed by atoms with Crippen LogP contribution in [0.3, 0.4) is 0 Å². The molecule has 2 amide bonds. The predicted molar refractivity (Wildman–Crippen MR) is 167 cm³/mol. The Morgan fingerprint density at radius 3 is 2.35 bits per heavy atom.